The summed E-state index contributed by atoms with van der Waals surface area (Å²) in [4.78, 5) is 1.79. The van der Waals surface area contributed by atoms with Crippen LogP contribution in [0, 0.1) is 11.9 Å². The maximum atomic E-state index is 14.0. The largest absolute Gasteiger partial charge is 0.497 e. The number of allylic oxidation sites excluding steroid dienone is 3. The van der Waals surface area contributed by atoms with Crippen molar-refractivity contribution in [2.75, 3.05) is 14.2 Å². The maximum absolute atomic E-state index is 14.0. The second-order valence-electron chi connectivity index (χ2n) is 3.84. The van der Waals surface area contributed by atoms with Crippen LogP contribution in [0.4, 0.5) is 4.39 Å². The van der Waals surface area contributed by atoms with Crippen molar-refractivity contribution in [1.82, 2.24) is 4.90 Å². The molecule has 0 bridgehead atoms. The number of hydrogen-bond acceptors (Lipinski definition) is 2. The van der Waals surface area contributed by atoms with Gasteiger partial charge in [0.15, 0.2) is 0 Å². The van der Waals surface area contributed by atoms with Gasteiger partial charge in [-0.25, -0.2) is 4.39 Å². The Balaban J connectivity index is 0.00000180. The number of hydrogen-bond donors (Lipinski definition) is 0. The Morgan fingerprint density at radius 3 is 2.68 bits per heavy atom. The topological polar surface area (TPSA) is 12.5 Å². The van der Waals surface area contributed by atoms with Crippen molar-refractivity contribution in [1.29, 1.82) is 0 Å². The molecule has 0 unspecified atom stereocenters. The van der Waals surface area contributed by atoms with Gasteiger partial charge in [-0.1, -0.05) is 22.3 Å². The molecule has 0 atom stereocenters. The molecule has 1 aliphatic rings. The van der Waals surface area contributed by atoms with E-state index in [1.165, 1.54) is 13.2 Å². The Bertz CT molecular complexity index is 569. The first-order chi connectivity index (χ1) is 8.54. The third kappa shape index (κ3) is 3.36. The van der Waals surface area contributed by atoms with Gasteiger partial charge in [-0.15, -0.1) is 22.0 Å². The molecule has 1 aromatic carbocycles. The van der Waals surface area contributed by atoms with E-state index in [0.29, 0.717) is 17.0 Å². The number of nitrogens with zero attached hydrogens (tertiary/aromatic N) is 1. The predicted molar refractivity (Wildman–Crippen MR) is 73.5 cm³/mol. The quantitative estimate of drug-likeness (QED) is 0.705. The van der Waals surface area contributed by atoms with Gasteiger partial charge >= 0.3 is 0 Å². The van der Waals surface area contributed by atoms with Gasteiger partial charge in [0, 0.05) is 45.8 Å². The first-order valence-corrected chi connectivity index (χ1v) is 6.10. The van der Waals surface area contributed by atoms with Gasteiger partial charge in [0.05, 0.1) is 12.9 Å². The summed E-state index contributed by atoms with van der Waals surface area (Å²) >= 11 is 3.37. The summed E-state index contributed by atoms with van der Waals surface area (Å²) in [5.41, 5.74) is 1.87. The van der Waals surface area contributed by atoms with Crippen molar-refractivity contribution in [3.8, 4) is 5.75 Å². The molecule has 2 rings (SSSR count). The summed E-state index contributed by atoms with van der Waals surface area (Å²) in [5.74, 6) is 0.147. The Labute approximate surface area is 146 Å². The molecule has 0 aromatic heterocycles. The fourth-order valence-corrected chi connectivity index (χ4v) is 2.06. The Morgan fingerprint density at radius 2 is 2.11 bits per heavy atom. The van der Waals surface area contributed by atoms with Crippen molar-refractivity contribution < 1.29 is 41.8 Å². The molecule has 2 nitrogen and oxygen atoms in total. The number of ether oxygens (including phenoxy) is 1. The molecule has 0 aliphatic carbocycles. The molecule has 1 aliphatic heterocycles. The van der Waals surface area contributed by atoms with Crippen LogP contribution in [0.5, 0.6) is 5.75 Å². The molecule has 19 heavy (non-hydrogen) atoms. The molecule has 1 aromatic rings. The van der Waals surface area contributed by atoms with Crippen LogP contribution in [0.2, 0.25) is 0 Å². The summed E-state index contributed by atoms with van der Waals surface area (Å²) in [5, 5.41) is 0. The summed E-state index contributed by atoms with van der Waals surface area (Å²) in [7, 11) is 3.33. The molecular formula is C14H12BrFNOY-. The standard InChI is InChI=1S/C14H12BrFNO.Y/c1-9-12(15)6-7-14(17(9)2)11-5-4-10(18-3)8-13(11)16;/h4-6,8H,1H2,2-3H3;/q-1;. The maximum Gasteiger partial charge on any atom is 0.119 e. The van der Waals surface area contributed by atoms with Gasteiger partial charge in [-0.3, -0.25) is 0 Å². The zero-order valence-electron chi connectivity index (χ0n) is 10.7. The average Bonchev–Trinajstić information content (AvgIpc) is 2.37. The van der Waals surface area contributed by atoms with Gasteiger partial charge < -0.3 is 9.64 Å². The van der Waals surface area contributed by atoms with Gasteiger partial charge in [0.1, 0.15) is 5.75 Å². The van der Waals surface area contributed by atoms with Crippen LogP contribution in [-0.2, 0) is 32.7 Å². The van der Waals surface area contributed by atoms with E-state index in [0.717, 1.165) is 10.2 Å². The molecule has 0 spiro atoms. The predicted octanol–water partition coefficient (Wildman–Crippen LogP) is 3.71. The first kappa shape index (κ1) is 16.6. The molecule has 0 fully saturated rings. The number of methoxy groups -OCH3 is 1. The molecule has 5 heteroatoms. The summed E-state index contributed by atoms with van der Waals surface area (Å²) in [6, 6.07) is 4.75. The van der Waals surface area contributed by atoms with Gasteiger partial charge in [-0.2, -0.15) is 12.2 Å². The Hall–Kier alpha value is -0.446. The van der Waals surface area contributed by atoms with Crippen molar-refractivity contribution >= 4 is 21.6 Å². The summed E-state index contributed by atoms with van der Waals surface area (Å²) in [6.45, 7) is 3.92. The number of rotatable bonds is 2. The Morgan fingerprint density at radius 1 is 1.42 bits per heavy atom. The zero-order valence-corrected chi connectivity index (χ0v) is 15.1. The minimum Gasteiger partial charge on any atom is -0.497 e. The molecule has 97 valence electrons. The second-order valence-corrected chi connectivity index (χ2v) is 4.69. The number of halogens is 2. The molecule has 0 N–H and O–H groups in total. The Kier molecular flexibility index (Phi) is 5.96. The van der Waals surface area contributed by atoms with Gasteiger partial charge in [-0.05, 0) is 11.8 Å². The van der Waals surface area contributed by atoms with Crippen LogP contribution >= 0.6 is 15.9 Å². The second kappa shape index (κ2) is 6.82. The van der Waals surface area contributed by atoms with E-state index in [1.807, 2.05) is 7.05 Å². The van der Waals surface area contributed by atoms with Gasteiger partial charge in [0.25, 0.3) is 0 Å². The minimum atomic E-state index is -0.345. The number of benzene rings is 1. The molecular weight excluding hydrogens is 386 g/mol. The normalized spacial score (nSPS) is 14.5. The fraction of sp³-hybridized carbons (Fsp3) is 0.143. The molecule has 0 amide bonds. The third-order valence-electron chi connectivity index (χ3n) is 2.78. The van der Waals surface area contributed by atoms with Crippen molar-refractivity contribution in [2.24, 2.45) is 0 Å². The van der Waals surface area contributed by atoms with Crippen molar-refractivity contribution in [3.05, 3.63) is 58.5 Å². The van der Waals surface area contributed by atoms with Gasteiger partial charge in [0.2, 0.25) is 0 Å². The fourth-order valence-electron chi connectivity index (χ4n) is 1.68. The monoisotopic (exact) mass is 397 g/mol. The van der Waals surface area contributed by atoms with Crippen LogP contribution in [0.3, 0.4) is 0 Å². The van der Waals surface area contributed by atoms with E-state index in [1.54, 1.807) is 23.1 Å². The summed E-state index contributed by atoms with van der Waals surface area (Å²) in [6.07, 6.45) is 4.77. The SMILES string of the molecule is C=C1C(Br)=C[C-]=C(c2ccc(OC)cc2F)N1C.[Y]. The number of likely N-dealkylation sites (N-methyl/N-ethyl adjacent to an activating group) is 1. The van der Waals surface area contributed by atoms with E-state index >= 15 is 0 Å². The first-order valence-electron chi connectivity index (χ1n) is 5.30. The molecule has 0 saturated carbocycles. The van der Waals surface area contributed by atoms with Crippen LogP contribution < -0.4 is 4.74 Å². The smallest absolute Gasteiger partial charge is 0.119 e. The van der Waals surface area contributed by atoms with E-state index in [4.69, 9.17) is 4.74 Å². The summed E-state index contributed by atoms with van der Waals surface area (Å²) < 4.78 is 19.8. The van der Waals surface area contributed by atoms with E-state index in [-0.39, 0.29) is 38.5 Å². The minimum absolute atomic E-state index is 0. The molecule has 1 radical (unpaired) electrons. The third-order valence-corrected chi connectivity index (χ3v) is 3.47. The van der Waals surface area contributed by atoms with Crippen LogP contribution in [0.1, 0.15) is 5.56 Å². The van der Waals surface area contributed by atoms with E-state index in [9.17, 15) is 4.39 Å². The van der Waals surface area contributed by atoms with E-state index in [2.05, 4.69) is 28.6 Å². The zero-order chi connectivity index (χ0) is 13.3. The molecule has 1 heterocycles. The average molecular weight is 398 g/mol. The molecule has 0 saturated heterocycles. The van der Waals surface area contributed by atoms with Crippen LogP contribution in [-0.4, -0.2) is 19.1 Å². The van der Waals surface area contributed by atoms with Crippen LogP contribution in [0.25, 0.3) is 5.70 Å². The van der Waals surface area contributed by atoms with Crippen molar-refractivity contribution in [3.63, 3.8) is 0 Å². The van der Waals surface area contributed by atoms with Crippen LogP contribution in [0.15, 0.2) is 41.0 Å². The van der Waals surface area contributed by atoms with Crippen molar-refractivity contribution in [2.45, 2.75) is 0 Å². The van der Waals surface area contributed by atoms with E-state index < -0.39 is 0 Å².